The van der Waals surface area contributed by atoms with Crippen LogP contribution in [0.4, 0.5) is 0 Å². The minimum atomic E-state index is -0.0507. The van der Waals surface area contributed by atoms with Crippen LogP contribution in [0.5, 0.6) is 17.2 Å². The van der Waals surface area contributed by atoms with Crippen LogP contribution in [-0.4, -0.2) is 44.4 Å². The highest BCUT2D eigenvalue weighted by molar-refractivity contribution is 5.79. The lowest BCUT2D eigenvalue weighted by Gasteiger charge is -2.18. The summed E-state index contributed by atoms with van der Waals surface area (Å²) < 4.78 is 16.7. The number of nitrogens with zero attached hydrogens (tertiary/aromatic N) is 2. The van der Waals surface area contributed by atoms with E-state index in [1.807, 2.05) is 58.2 Å². The first-order chi connectivity index (χ1) is 14.0. The Morgan fingerprint density at radius 2 is 1.90 bits per heavy atom. The largest absolute Gasteiger partial charge is 0.497 e. The summed E-state index contributed by atoms with van der Waals surface area (Å²) in [4.78, 5) is 9.16. The van der Waals surface area contributed by atoms with E-state index >= 15 is 0 Å². The molecule has 0 bridgehead atoms. The molecule has 1 aromatic carbocycles. The number of rotatable bonds is 9. The molecule has 0 saturated heterocycles. The summed E-state index contributed by atoms with van der Waals surface area (Å²) in [5, 5.41) is 6.58. The summed E-state index contributed by atoms with van der Waals surface area (Å²) >= 11 is 0. The van der Waals surface area contributed by atoms with Crippen LogP contribution in [0.2, 0.25) is 0 Å². The van der Waals surface area contributed by atoms with E-state index in [1.165, 1.54) is 0 Å². The highest BCUT2D eigenvalue weighted by Crippen LogP contribution is 2.24. The molecule has 2 N–H and O–H groups in total. The lowest BCUT2D eigenvalue weighted by Crippen LogP contribution is -2.41. The van der Waals surface area contributed by atoms with Crippen LogP contribution in [0.3, 0.4) is 0 Å². The summed E-state index contributed by atoms with van der Waals surface area (Å²) in [5.74, 6) is 3.12. The molecule has 0 aliphatic rings. The number of hydrogen-bond donors (Lipinski definition) is 2. The molecule has 0 radical (unpaired) electrons. The Bertz CT molecular complexity index is 824. The summed E-state index contributed by atoms with van der Waals surface area (Å²) in [6.07, 6.45) is 1.77. The van der Waals surface area contributed by atoms with E-state index < -0.39 is 0 Å². The Hall–Kier alpha value is -2.96. The van der Waals surface area contributed by atoms with Gasteiger partial charge < -0.3 is 24.8 Å². The van der Waals surface area contributed by atoms with Crippen LogP contribution in [0, 0.1) is 13.8 Å². The number of aliphatic imine (C=N–C) groups is 1. The van der Waals surface area contributed by atoms with Gasteiger partial charge in [-0.15, -0.1) is 0 Å². The Kier molecular flexibility index (Phi) is 8.58. The van der Waals surface area contributed by atoms with E-state index in [1.54, 1.807) is 14.2 Å². The highest BCUT2D eigenvalue weighted by Gasteiger charge is 2.10. The molecular formula is C22H32N4O3. The number of hydrogen-bond acceptors (Lipinski definition) is 5. The molecule has 0 spiro atoms. The first-order valence-corrected chi connectivity index (χ1v) is 9.80. The van der Waals surface area contributed by atoms with Crippen molar-refractivity contribution in [2.24, 2.45) is 4.99 Å². The zero-order chi connectivity index (χ0) is 21.2. The second-order valence-electron chi connectivity index (χ2n) is 6.73. The molecule has 1 aromatic heterocycles. The lowest BCUT2D eigenvalue weighted by atomic mass is 10.1. The van der Waals surface area contributed by atoms with Crippen LogP contribution in [0.25, 0.3) is 0 Å². The number of methoxy groups -OCH3 is 2. The van der Waals surface area contributed by atoms with Crippen molar-refractivity contribution in [1.29, 1.82) is 0 Å². The van der Waals surface area contributed by atoms with E-state index in [9.17, 15) is 0 Å². The predicted octanol–water partition coefficient (Wildman–Crippen LogP) is 3.24. The first kappa shape index (κ1) is 22.3. The van der Waals surface area contributed by atoms with Gasteiger partial charge >= 0.3 is 0 Å². The van der Waals surface area contributed by atoms with E-state index in [4.69, 9.17) is 14.2 Å². The second kappa shape index (κ2) is 11.1. The minimum Gasteiger partial charge on any atom is -0.497 e. The molecule has 7 heteroatoms. The van der Waals surface area contributed by atoms with Gasteiger partial charge in [0.05, 0.1) is 33.0 Å². The van der Waals surface area contributed by atoms with Crippen LogP contribution in [0.15, 0.2) is 35.5 Å². The normalized spacial score (nSPS) is 12.3. The summed E-state index contributed by atoms with van der Waals surface area (Å²) in [6, 6.07) is 7.58. The van der Waals surface area contributed by atoms with Gasteiger partial charge in [-0.2, -0.15) is 0 Å². The van der Waals surface area contributed by atoms with Gasteiger partial charge in [-0.1, -0.05) is 6.07 Å². The predicted molar refractivity (Wildman–Crippen MR) is 116 cm³/mol. The molecule has 2 rings (SSSR count). The number of pyridine rings is 1. The molecule has 158 valence electrons. The third-order valence-corrected chi connectivity index (χ3v) is 4.42. The lowest BCUT2D eigenvalue weighted by molar-refractivity contribution is 0.223. The highest BCUT2D eigenvalue weighted by atomic mass is 16.5. The van der Waals surface area contributed by atoms with Gasteiger partial charge in [0.1, 0.15) is 23.4 Å². The molecule has 1 atom stereocenters. The number of aryl methyl sites for hydroxylation is 1. The minimum absolute atomic E-state index is 0.0507. The third kappa shape index (κ3) is 6.55. The number of aromatic nitrogens is 1. The van der Waals surface area contributed by atoms with Gasteiger partial charge in [-0.25, -0.2) is 4.99 Å². The Balaban J connectivity index is 1.98. The quantitative estimate of drug-likeness (QED) is 0.497. The maximum Gasteiger partial charge on any atom is 0.191 e. The van der Waals surface area contributed by atoms with Crippen molar-refractivity contribution in [2.75, 3.05) is 27.3 Å². The van der Waals surface area contributed by atoms with Crippen molar-refractivity contribution in [3.63, 3.8) is 0 Å². The van der Waals surface area contributed by atoms with Gasteiger partial charge in [0.2, 0.25) is 0 Å². The Morgan fingerprint density at radius 3 is 2.59 bits per heavy atom. The number of nitrogens with one attached hydrogen (secondary N) is 2. The van der Waals surface area contributed by atoms with E-state index in [2.05, 4.69) is 20.6 Å². The maximum atomic E-state index is 5.96. The SMILES string of the molecule is CCNC(=NCc1ncc(C)c(OC)c1C)NCC(C)Oc1cccc(OC)c1. The molecular weight excluding hydrogens is 368 g/mol. The number of ether oxygens (including phenoxy) is 3. The molecule has 0 aliphatic heterocycles. The summed E-state index contributed by atoms with van der Waals surface area (Å²) in [7, 11) is 3.32. The fraction of sp³-hybridized carbons (Fsp3) is 0.455. The second-order valence-corrected chi connectivity index (χ2v) is 6.73. The fourth-order valence-corrected chi connectivity index (χ4v) is 2.92. The average molecular weight is 401 g/mol. The number of guanidine groups is 1. The summed E-state index contributed by atoms with van der Waals surface area (Å²) in [5.41, 5.74) is 2.93. The van der Waals surface area contributed by atoms with Gasteiger partial charge in [0.25, 0.3) is 0 Å². The van der Waals surface area contributed by atoms with Crippen molar-refractivity contribution in [3.05, 3.63) is 47.3 Å². The van der Waals surface area contributed by atoms with Crippen LogP contribution >= 0.6 is 0 Å². The molecule has 2 aromatic rings. The van der Waals surface area contributed by atoms with E-state index in [-0.39, 0.29) is 6.10 Å². The molecule has 1 unspecified atom stereocenters. The van der Waals surface area contributed by atoms with Crippen molar-refractivity contribution in [1.82, 2.24) is 15.6 Å². The van der Waals surface area contributed by atoms with Crippen molar-refractivity contribution in [2.45, 2.75) is 40.3 Å². The molecule has 29 heavy (non-hydrogen) atoms. The first-order valence-electron chi connectivity index (χ1n) is 9.80. The standard InChI is InChI=1S/C22H32N4O3/c1-7-23-22(26-14-20-17(4)21(28-6)15(2)12-24-20)25-13-16(3)29-19-10-8-9-18(11-19)27-5/h8-12,16H,7,13-14H2,1-6H3,(H2,23,25,26). The van der Waals surface area contributed by atoms with E-state index in [0.717, 1.165) is 40.6 Å². The number of benzene rings is 1. The van der Waals surface area contributed by atoms with Crippen LogP contribution in [0.1, 0.15) is 30.7 Å². The molecule has 0 aliphatic carbocycles. The molecule has 7 nitrogen and oxygen atoms in total. The maximum absolute atomic E-state index is 5.96. The third-order valence-electron chi connectivity index (χ3n) is 4.42. The van der Waals surface area contributed by atoms with Gasteiger partial charge in [-0.05, 0) is 39.8 Å². The van der Waals surface area contributed by atoms with E-state index in [0.29, 0.717) is 19.0 Å². The monoisotopic (exact) mass is 400 g/mol. The topological polar surface area (TPSA) is 77.0 Å². The molecule has 1 heterocycles. The fourth-order valence-electron chi connectivity index (χ4n) is 2.92. The van der Waals surface area contributed by atoms with Crippen LogP contribution in [-0.2, 0) is 6.54 Å². The van der Waals surface area contributed by atoms with Gasteiger partial charge in [0, 0.05) is 29.9 Å². The van der Waals surface area contributed by atoms with Crippen LogP contribution < -0.4 is 24.8 Å². The Morgan fingerprint density at radius 1 is 1.14 bits per heavy atom. The summed E-state index contributed by atoms with van der Waals surface area (Å²) in [6.45, 7) is 9.86. The zero-order valence-corrected chi connectivity index (χ0v) is 18.2. The smallest absolute Gasteiger partial charge is 0.191 e. The van der Waals surface area contributed by atoms with Gasteiger partial charge in [-0.3, -0.25) is 4.98 Å². The molecule has 0 amide bonds. The van der Waals surface area contributed by atoms with Crippen molar-refractivity contribution < 1.29 is 14.2 Å². The average Bonchev–Trinajstić information content (AvgIpc) is 2.71. The van der Waals surface area contributed by atoms with Crippen molar-refractivity contribution >= 4 is 5.96 Å². The zero-order valence-electron chi connectivity index (χ0n) is 18.2. The molecule has 0 fully saturated rings. The van der Waals surface area contributed by atoms with Gasteiger partial charge in [0.15, 0.2) is 5.96 Å². The Labute approximate surface area is 173 Å². The van der Waals surface area contributed by atoms with Crippen molar-refractivity contribution in [3.8, 4) is 17.2 Å². The molecule has 0 saturated carbocycles.